The van der Waals surface area contributed by atoms with Crippen molar-refractivity contribution in [1.29, 1.82) is 0 Å². The third kappa shape index (κ3) is 2.53. The van der Waals surface area contributed by atoms with Crippen molar-refractivity contribution in [3.05, 3.63) is 34.4 Å². The zero-order valence-corrected chi connectivity index (χ0v) is 19.4. The van der Waals surface area contributed by atoms with Crippen molar-refractivity contribution >= 4 is 17.5 Å². The zero-order chi connectivity index (χ0) is 22.3. The second-order valence-electron chi connectivity index (χ2n) is 11.7. The van der Waals surface area contributed by atoms with Crippen LogP contribution in [0.1, 0.15) is 90.9 Å². The van der Waals surface area contributed by atoms with E-state index in [2.05, 4.69) is 19.9 Å². The second-order valence-corrected chi connectivity index (χ2v) is 11.7. The molecular formula is C28H34O4. The first-order chi connectivity index (χ1) is 15.3. The first-order valence-corrected chi connectivity index (χ1v) is 12.7. The lowest BCUT2D eigenvalue weighted by Crippen LogP contribution is -2.47. The third-order valence-electron chi connectivity index (χ3n) is 10.2. The molecule has 0 aliphatic heterocycles. The molecular weight excluding hydrogens is 400 g/mol. The Bertz CT molecular complexity index is 1020. The molecule has 6 aliphatic rings. The first-order valence-electron chi connectivity index (χ1n) is 12.7. The van der Waals surface area contributed by atoms with Crippen LogP contribution in [0.2, 0.25) is 0 Å². The molecule has 0 aromatic rings. The Hall–Kier alpha value is -1.97. The van der Waals surface area contributed by atoms with E-state index in [0.717, 1.165) is 74.5 Å². The van der Waals surface area contributed by atoms with Crippen LogP contribution in [-0.2, 0) is 19.1 Å². The van der Waals surface area contributed by atoms with E-state index in [1.165, 1.54) is 5.57 Å². The Labute approximate surface area is 190 Å². The van der Waals surface area contributed by atoms with Gasteiger partial charge >= 0.3 is 5.97 Å². The Morgan fingerprint density at radius 1 is 1.03 bits per heavy atom. The Kier molecular flexibility index (Phi) is 4.37. The van der Waals surface area contributed by atoms with Crippen molar-refractivity contribution in [2.75, 3.05) is 0 Å². The first kappa shape index (κ1) is 20.6. The lowest BCUT2D eigenvalue weighted by atomic mass is 9.50. The van der Waals surface area contributed by atoms with Crippen molar-refractivity contribution in [2.45, 2.75) is 97.0 Å². The molecule has 6 rings (SSSR count). The number of carbonyl (C=O) groups excluding carboxylic acids is 3. The van der Waals surface area contributed by atoms with E-state index < -0.39 is 5.41 Å². The van der Waals surface area contributed by atoms with Gasteiger partial charge in [0.15, 0.2) is 5.78 Å². The Morgan fingerprint density at radius 2 is 1.81 bits per heavy atom. The fourth-order valence-electron chi connectivity index (χ4n) is 8.27. The van der Waals surface area contributed by atoms with E-state index in [4.69, 9.17) is 4.74 Å². The van der Waals surface area contributed by atoms with E-state index in [1.807, 2.05) is 6.08 Å². The van der Waals surface area contributed by atoms with E-state index >= 15 is 0 Å². The van der Waals surface area contributed by atoms with Gasteiger partial charge in [-0.05, 0) is 86.8 Å². The molecule has 1 spiro atoms. The molecule has 6 aliphatic carbocycles. The standard InChI is InChI=1S/C28H34O4/c1-26-11-8-22-24-20(25(31)32-19-5-3-4-6-19)16-17-15-18(29)7-13-27(17,2)21(24)9-14-28(22,26)23(30)10-12-26/h8,15,19-20H,3-7,9-14,16H2,1-2H3/t20-,26+,27?,28?/m1/s1. The van der Waals surface area contributed by atoms with Crippen molar-refractivity contribution in [1.82, 2.24) is 0 Å². The number of hydrogen-bond acceptors (Lipinski definition) is 4. The summed E-state index contributed by atoms with van der Waals surface area (Å²) in [6.07, 6.45) is 14.5. The minimum absolute atomic E-state index is 0.0165. The number of rotatable bonds is 2. The van der Waals surface area contributed by atoms with Gasteiger partial charge in [0.2, 0.25) is 0 Å². The number of allylic oxidation sites excluding steroid dienone is 5. The Morgan fingerprint density at radius 3 is 2.59 bits per heavy atom. The monoisotopic (exact) mass is 434 g/mol. The average molecular weight is 435 g/mol. The molecule has 2 saturated carbocycles. The highest BCUT2D eigenvalue weighted by Gasteiger charge is 2.65. The topological polar surface area (TPSA) is 60.4 Å². The van der Waals surface area contributed by atoms with Crippen molar-refractivity contribution in [3.63, 3.8) is 0 Å². The lowest BCUT2D eigenvalue weighted by Gasteiger charge is -2.52. The van der Waals surface area contributed by atoms with Crippen LogP contribution in [0, 0.1) is 22.2 Å². The molecule has 0 aromatic heterocycles. The van der Waals surface area contributed by atoms with Gasteiger partial charge in [-0.15, -0.1) is 0 Å². The number of Topliss-reactive ketones (excluding diaryl/α,β-unsaturated/α-hetero) is 1. The zero-order valence-electron chi connectivity index (χ0n) is 19.4. The quantitative estimate of drug-likeness (QED) is 0.534. The maximum Gasteiger partial charge on any atom is 0.314 e. The van der Waals surface area contributed by atoms with Crippen LogP contribution in [0.4, 0.5) is 0 Å². The number of hydrogen-bond donors (Lipinski definition) is 0. The second kappa shape index (κ2) is 6.77. The highest BCUT2D eigenvalue weighted by atomic mass is 16.5. The molecule has 32 heavy (non-hydrogen) atoms. The van der Waals surface area contributed by atoms with Crippen molar-refractivity contribution in [2.24, 2.45) is 22.2 Å². The Balaban J connectivity index is 1.49. The fourth-order valence-corrected chi connectivity index (χ4v) is 8.27. The van der Waals surface area contributed by atoms with Gasteiger partial charge < -0.3 is 4.74 Å². The molecule has 170 valence electrons. The predicted molar refractivity (Wildman–Crippen MR) is 121 cm³/mol. The molecule has 0 aromatic carbocycles. The molecule has 0 heterocycles. The third-order valence-corrected chi connectivity index (χ3v) is 10.2. The summed E-state index contributed by atoms with van der Waals surface area (Å²) in [5.74, 6) is 0.0382. The molecule has 4 atom stereocenters. The molecule has 0 radical (unpaired) electrons. The molecule has 0 saturated heterocycles. The number of carbonyl (C=O) groups is 3. The van der Waals surface area contributed by atoms with Gasteiger partial charge in [0, 0.05) is 18.3 Å². The van der Waals surface area contributed by atoms with Crippen LogP contribution >= 0.6 is 0 Å². The van der Waals surface area contributed by atoms with Crippen molar-refractivity contribution < 1.29 is 19.1 Å². The van der Waals surface area contributed by atoms with Crippen molar-refractivity contribution in [3.8, 4) is 0 Å². The van der Waals surface area contributed by atoms with Crippen LogP contribution in [0.25, 0.3) is 0 Å². The summed E-state index contributed by atoms with van der Waals surface area (Å²) in [6.45, 7) is 4.55. The van der Waals surface area contributed by atoms with Crippen LogP contribution in [0.3, 0.4) is 0 Å². The van der Waals surface area contributed by atoms with Gasteiger partial charge in [0.25, 0.3) is 0 Å². The van der Waals surface area contributed by atoms with Crippen LogP contribution < -0.4 is 0 Å². The van der Waals surface area contributed by atoms with Crippen LogP contribution in [0.5, 0.6) is 0 Å². The maximum absolute atomic E-state index is 13.6. The molecule has 0 amide bonds. The van der Waals surface area contributed by atoms with Gasteiger partial charge in [-0.3, -0.25) is 14.4 Å². The van der Waals surface area contributed by atoms with Gasteiger partial charge in [-0.2, -0.15) is 0 Å². The maximum atomic E-state index is 13.6. The van der Waals surface area contributed by atoms with Gasteiger partial charge in [0.05, 0.1) is 11.3 Å². The van der Waals surface area contributed by atoms with Gasteiger partial charge in [-0.25, -0.2) is 0 Å². The number of ether oxygens (including phenoxy) is 1. The highest BCUT2D eigenvalue weighted by Crippen LogP contribution is 2.70. The predicted octanol–water partition coefficient (Wildman–Crippen LogP) is 5.56. The van der Waals surface area contributed by atoms with Crippen LogP contribution in [-0.4, -0.2) is 23.6 Å². The average Bonchev–Trinajstić information content (AvgIpc) is 3.44. The van der Waals surface area contributed by atoms with E-state index in [1.54, 1.807) is 0 Å². The van der Waals surface area contributed by atoms with E-state index in [-0.39, 0.29) is 34.6 Å². The summed E-state index contributed by atoms with van der Waals surface area (Å²) >= 11 is 0. The van der Waals surface area contributed by atoms with E-state index in [9.17, 15) is 14.4 Å². The summed E-state index contributed by atoms with van der Waals surface area (Å²) in [7, 11) is 0. The smallest absolute Gasteiger partial charge is 0.314 e. The molecule has 2 fully saturated rings. The minimum Gasteiger partial charge on any atom is -0.462 e. The fraction of sp³-hybridized carbons (Fsp3) is 0.679. The molecule has 0 bridgehead atoms. The van der Waals surface area contributed by atoms with Crippen LogP contribution in [0.15, 0.2) is 34.4 Å². The lowest BCUT2D eigenvalue weighted by molar-refractivity contribution is -0.153. The summed E-state index contributed by atoms with van der Waals surface area (Å²) < 4.78 is 6.05. The number of ketones is 2. The summed E-state index contributed by atoms with van der Waals surface area (Å²) in [6, 6.07) is 0. The summed E-state index contributed by atoms with van der Waals surface area (Å²) in [4.78, 5) is 39.4. The number of fused-ring (bicyclic) bond motifs is 3. The highest BCUT2D eigenvalue weighted by molar-refractivity contribution is 5.96. The molecule has 0 N–H and O–H groups in total. The van der Waals surface area contributed by atoms with Gasteiger partial charge in [0.1, 0.15) is 11.9 Å². The summed E-state index contributed by atoms with van der Waals surface area (Å²) in [5, 5.41) is 0. The molecule has 4 nitrogen and oxygen atoms in total. The molecule has 2 unspecified atom stereocenters. The van der Waals surface area contributed by atoms with E-state index in [0.29, 0.717) is 25.0 Å². The SMILES string of the molecule is CC12CCC(=O)C=C1C[C@@H](C(=O)OC1CCCC1)C1=C2CCC23C(=O)CC[C@]2(C)CC=C13. The van der Waals surface area contributed by atoms with Gasteiger partial charge in [-0.1, -0.05) is 31.1 Å². The number of esters is 1. The summed E-state index contributed by atoms with van der Waals surface area (Å²) in [5.41, 5.74) is 4.11. The molecule has 4 heteroatoms. The normalized spacial score (nSPS) is 41.0. The largest absolute Gasteiger partial charge is 0.462 e. The minimum atomic E-state index is -0.417.